The van der Waals surface area contributed by atoms with E-state index in [2.05, 4.69) is 5.32 Å². The van der Waals surface area contributed by atoms with Gasteiger partial charge in [-0.1, -0.05) is 25.1 Å². The Morgan fingerprint density at radius 2 is 2.09 bits per heavy atom. The number of hydrogen-bond acceptors (Lipinski definition) is 5. The highest BCUT2D eigenvalue weighted by Gasteiger charge is 2.32. The van der Waals surface area contributed by atoms with Gasteiger partial charge >= 0.3 is 0 Å². The highest BCUT2D eigenvalue weighted by Crippen LogP contribution is 2.24. The first kappa shape index (κ1) is 16.0. The van der Waals surface area contributed by atoms with Gasteiger partial charge in [0.15, 0.2) is 0 Å². The van der Waals surface area contributed by atoms with Crippen LogP contribution < -0.4 is 10.1 Å². The average molecular weight is 304 g/mol. The number of benzene rings is 1. The van der Waals surface area contributed by atoms with Gasteiger partial charge in [-0.15, -0.1) is 0 Å². The molecular formula is C16H20N2O4. The summed E-state index contributed by atoms with van der Waals surface area (Å²) in [5.74, 6) is 1.32. The Morgan fingerprint density at radius 3 is 2.68 bits per heavy atom. The maximum atomic E-state index is 11.3. The molecule has 118 valence electrons. The number of furan rings is 1. The Hall–Kier alpha value is -2.34. The summed E-state index contributed by atoms with van der Waals surface area (Å²) >= 11 is 0. The summed E-state index contributed by atoms with van der Waals surface area (Å²) in [5.41, 5.74) is 0.944. The number of nitrogens with one attached hydrogen (secondary N) is 1. The topological polar surface area (TPSA) is 77.5 Å². The zero-order valence-electron chi connectivity index (χ0n) is 12.7. The molecule has 0 fully saturated rings. The van der Waals surface area contributed by atoms with E-state index >= 15 is 0 Å². The molecular weight excluding hydrogens is 284 g/mol. The van der Waals surface area contributed by atoms with Crippen molar-refractivity contribution in [2.24, 2.45) is 0 Å². The minimum absolute atomic E-state index is 0.261. The van der Waals surface area contributed by atoms with Crippen LogP contribution in [0.4, 0.5) is 0 Å². The van der Waals surface area contributed by atoms with E-state index in [1.165, 1.54) is 6.26 Å². The Morgan fingerprint density at radius 1 is 1.32 bits per heavy atom. The summed E-state index contributed by atoms with van der Waals surface area (Å²) in [6, 6.07) is 9.85. The predicted molar refractivity (Wildman–Crippen MR) is 82.4 cm³/mol. The second-order valence-corrected chi connectivity index (χ2v) is 4.95. The number of para-hydroxylation sites is 1. The van der Waals surface area contributed by atoms with E-state index in [1.807, 2.05) is 24.3 Å². The van der Waals surface area contributed by atoms with Crippen LogP contribution >= 0.6 is 0 Å². The van der Waals surface area contributed by atoms with E-state index in [4.69, 9.17) is 9.15 Å². The van der Waals surface area contributed by atoms with E-state index in [1.54, 1.807) is 26.2 Å². The predicted octanol–water partition coefficient (Wildman–Crippen LogP) is 3.17. The third-order valence-corrected chi connectivity index (χ3v) is 3.63. The van der Waals surface area contributed by atoms with Crippen molar-refractivity contribution >= 4 is 0 Å². The highest BCUT2D eigenvalue weighted by atomic mass is 16.6. The number of nitro groups is 1. The Kier molecular flexibility index (Phi) is 5.55. The quantitative estimate of drug-likeness (QED) is 0.598. The van der Waals surface area contributed by atoms with Crippen molar-refractivity contribution in [1.29, 1.82) is 0 Å². The summed E-state index contributed by atoms with van der Waals surface area (Å²) < 4.78 is 10.7. The highest BCUT2D eigenvalue weighted by molar-refractivity contribution is 5.33. The van der Waals surface area contributed by atoms with E-state index in [9.17, 15) is 10.1 Å². The summed E-state index contributed by atoms with van der Waals surface area (Å²) in [6.07, 6.45) is 1.94. The van der Waals surface area contributed by atoms with Crippen LogP contribution in [0.25, 0.3) is 0 Å². The van der Waals surface area contributed by atoms with Gasteiger partial charge in [-0.3, -0.25) is 15.4 Å². The Bertz CT molecular complexity index is 598. The van der Waals surface area contributed by atoms with Crippen LogP contribution in [0.1, 0.15) is 30.7 Å². The zero-order chi connectivity index (χ0) is 15.9. The van der Waals surface area contributed by atoms with Crippen LogP contribution in [0.15, 0.2) is 47.1 Å². The first-order valence-electron chi connectivity index (χ1n) is 7.19. The molecule has 0 unspecified atom stereocenters. The largest absolute Gasteiger partial charge is 0.496 e. The molecule has 0 bridgehead atoms. The fourth-order valence-corrected chi connectivity index (χ4v) is 2.47. The molecule has 1 N–H and O–H groups in total. The van der Waals surface area contributed by atoms with Crippen LogP contribution in [0, 0.1) is 10.1 Å². The molecule has 0 amide bonds. The molecule has 2 atom stereocenters. The molecule has 2 aromatic rings. The van der Waals surface area contributed by atoms with Gasteiger partial charge in [0.25, 0.3) is 0 Å². The van der Waals surface area contributed by atoms with E-state index < -0.39 is 12.1 Å². The maximum absolute atomic E-state index is 11.3. The molecule has 0 saturated carbocycles. The van der Waals surface area contributed by atoms with Gasteiger partial charge in [-0.2, -0.15) is 0 Å². The molecule has 1 aromatic carbocycles. The summed E-state index contributed by atoms with van der Waals surface area (Å²) in [6.45, 7) is 2.26. The summed E-state index contributed by atoms with van der Waals surface area (Å²) in [7, 11) is 1.61. The SMILES string of the molecule is CC[C@H]([C@@H](NCc1ccccc1OC)c1ccco1)[N+](=O)[O-]. The Labute approximate surface area is 129 Å². The normalized spacial score (nSPS) is 13.5. The van der Waals surface area contributed by atoms with Gasteiger partial charge in [0.1, 0.15) is 17.6 Å². The zero-order valence-corrected chi connectivity index (χ0v) is 12.7. The fraction of sp³-hybridized carbons (Fsp3) is 0.375. The van der Waals surface area contributed by atoms with Crippen molar-refractivity contribution in [3.63, 3.8) is 0 Å². The number of methoxy groups -OCH3 is 1. The minimum Gasteiger partial charge on any atom is -0.496 e. The molecule has 0 radical (unpaired) electrons. The van der Waals surface area contributed by atoms with E-state index in [-0.39, 0.29) is 4.92 Å². The van der Waals surface area contributed by atoms with Crippen LogP contribution in [-0.4, -0.2) is 18.1 Å². The van der Waals surface area contributed by atoms with Crippen molar-refractivity contribution in [1.82, 2.24) is 5.32 Å². The van der Waals surface area contributed by atoms with Gasteiger partial charge in [0.2, 0.25) is 6.04 Å². The second kappa shape index (κ2) is 7.61. The van der Waals surface area contributed by atoms with Crippen LogP contribution in [-0.2, 0) is 6.54 Å². The molecule has 0 saturated heterocycles. The molecule has 1 aromatic heterocycles. The van der Waals surface area contributed by atoms with Gasteiger partial charge in [-0.25, -0.2) is 0 Å². The van der Waals surface area contributed by atoms with Crippen LogP contribution in [0.2, 0.25) is 0 Å². The lowest BCUT2D eigenvalue weighted by atomic mass is 10.0. The number of hydrogen-bond donors (Lipinski definition) is 1. The molecule has 0 aliphatic carbocycles. The molecule has 6 nitrogen and oxygen atoms in total. The molecule has 6 heteroatoms. The lowest BCUT2D eigenvalue weighted by molar-refractivity contribution is -0.529. The fourth-order valence-electron chi connectivity index (χ4n) is 2.47. The third kappa shape index (κ3) is 3.65. The number of rotatable bonds is 8. The molecule has 2 rings (SSSR count). The summed E-state index contributed by atoms with van der Waals surface area (Å²) in [5, 5.41) is 14.5. The number of nitrogens with zero attached hydrogens (tertiary/aromatic N) is 1. The van der Waals surface area contributed by atoms with Crippen LogP contribution in [0.5, 0.6) is 5.75 Å². The smallest absolute Gasteiger partial charge is 0.235 e. The van der Waals surface area contributed by atoms with E-state index in [0.29, 0.717) is 18.7 Å². The average Bonchev–Trinajstić information content (AvgIpc) is 3.05. The summed E-state index contributed by atoms with van der Waals surface area (Å²) in [4.78, 5) is 11.0. The lowest BCUT2D eigenvalue weighted by Crippen LogP contribution is -2.36. The second-order valence-electron chi connectivity index (χ2n) is 4.95. The molecule has 0 aliphatic rings. The van der Waals surface area contributed by atoms with Gasteiger partial charge in [0, 0.05) is 23.5 Å². The van der Waals surface area contributed by atoms with Crippen LogP contribution in [0.3, 0.4) is 0 Å². The Balaban J connectivity index is 2.18. The van der Waals surface area contributed by atoms with Crippen molar-refractivity contribution in [2.75, 3.05) is 7.11 Å². The van der Waals surface area contributed by atoms with E-state index in [0.717, 1.165) is 11.3 Å². The van der Waals surface area contributed by atoms with Crippen molar-refractivity contribution in [3.8, 4) is 5.75 Å². The van der Waals surface area contributed by atoms with Crippen molar-refractivity contribution in [3.05, 3.63) is 64.1 Å². The molecule has 22 heavy (non-hydrogen) atoms. The molecule has 0 aliphatic heterocycles. The molecule has 1 heterocycles. The molecule has 0 spiro atoms. The van der Waals surface area contributed by atoms with Crippen molar-refractivity contribution < 1.29 is 14.1 Å². The standard InChI is InChI=1S/C16H20N2O4/c1-3-13(18(19)20)16(15-9-6-10-22-15)17-11-12-7-4-5-8-14(12)21-2/h4-10,13,16-17H,3,11H2,1-2H3/t13-,16-/m1/s1. The van der Waals surface area contributed by atoms with Gasteiger partial charge in [0.05, 0.1) is 13.4 Å². The third-order valence-electron chi connectivity index (χ3n) is 3.63. The van der Waals surface area contributed by atoms with Crippen molar-refractivity contribution in [2.45, 2.75) is 32.0 Å². The van der Waals surface area contributed by atoms with Gasteiger partial charge < -0.3 is 9.15 Å². The minimum atomic E-state index is -0.749. The maximum Gasteiger partial charge on any atom is 0.235 e. The lowest BCUT2D eigenvalue weighted by Gasteiger charge is -2.20. The van der Waals surface area contributed by atoms with Gasteiger partial charge in [-0.05, 0) is 18.2 Å². The monoisotopic (exact) mass is 304 g/mol. The first-order valence-corrected chi connectivity index (χ1v) is 7.19. The number of ether oxygens (including phenoxy) is 1. The first-order chi connectivity index (χ1) is 10.7.